The third kappa shape index (κ3) is 5.54. The fourth-order valence-corrected chi connectivity index (χ4v) is 2.70. The van der Waals surface area contributed by atoms with Crippen LogP contribution in [0, 0.1) is 0 Å². The first-order valence-corrected chi connectivity index (χ1v) is 8.52. The van der Waals surface area contributed by atoms with Gasteiger partial charge in [0.2, 0.25) is 5.91 Å². The minimum Gasteiger partial charge on any atom is -0.333 e. The number of amides is 3. The van der Waals surface area contributed by atoms with Gasteiger partial charge in [0.1, 0.15) is 6.33 Å². The first kappa shape index (κ1) is 18.3. The first-order valence-electron chi connectivity index (χ1n) is 7.15. The summed E-state index contributed by atoms with van der Waals surface area (Å²) in [4.78, 5) is 23.5. The number of halogens is 1. The van der Waals surface area contributed by atoms with Crippen LogP contribution in [-0.4, -0.2) is 38.0 Å². The molecule has 2 rings (SSSR count). The third-order valence-electron chi connectivity index (χ3n) is 2.68. The average molecular weight is 368 g/mol. The number of benzene rings is 1. The van der Waals surface area contributed by atoms with Crippen molar-refractivity contribution in [2.75, 3.05) is 5.75 Å². The number of carbonyl (C=O) groups excluding carboxylic acids is 2. The van der Waals surface area contributed by atoms with E-state index in [1.54, 1.807) is 16.7 Å². The lowest BCUT2D eigenvalue weighted by molar-refractivity contribution is -0.117. The van der Waals surface area contributed by atoms with Crippen LogP contribution in [0.3, 0.4) is 0 Å². The summed E-state index contributed by atoms with van der Waals surface area (Å²) < 4.78 is 1.72. The van der Waals surface area contributed by atoms with Crippen molar-refractivity contribution in [1.82, 2.24) is 25.4 Å². The summed E-state index contributed by atoms with van der Waals surface area (Å²) in [6.07, 6.45) is 1.54. The Kier molecular flexibility index (Phi) is 5.84. The number of hydrogen-bond acceptors (Lipinski definition) is 5. The van der Waals surface area contributed by atoms with Crippen LogP contribution in [0.4, 0.5) is 4.79 Å². The first-order chi connectivity index (χ1) is 11.2. The normalized spacial score (nSPS) is 11.2. The molecular weight excluding hydrogens is 350 g/mol. The van der Waals surface area contributed by atoms with Crippen molar-refractivity contribution in [3.8, 4) is 5.69 Å². The quantitative estimate of drug-likeness (QED) is 0.811. The van der Waals surface area contributed by atoms with Crippen molar-refractivity contribution in [2.45, 2.75) is 31.5 Å². The molecule has 0 bridgehead atoms. The molecule has 7 nitrogen and oxygen atoms in total. The van der Waals surface area contributed by atoms with Crippen LogP contribution in [0.15, 0.2) is 35.7 Å². The van der Waals surface area contributed by atoms with E-state index in [9.17, 15) is 9.59 Å². The van der Waals surface area contributed by atoms with Crippen LogP contribution in [-0.2, 0) is 4.79 Å². The Morgan fingerprint density at radius 1 is 1.33 bits per heavy atom. The molecule has 0 aliphatic carbocycles. The second-order valence-electron chi connectivity index (χ2n) is 6.00. The number of carbonyl (C=O) groups is 2. The molecule has 9 heteroatoms. The number of hydrogen-bond donors (Lipinski definition) is 2. The predicted molar refractivity (Wildman–Crippen MR) is 93.5 cm³/mol. The number of rotatable bonds is 4. The van der Waals surface area contributed by atoms with Crippen molar-refractivity contribution in [3.05, 3.63) is 35.6 Å². The largest absolute Gasteiger partial charge is 0.333 e. The number of imide groups is 1. The molecule has 3 amide bonds. The van der Waals surface area contributed by atoms with Gasteiger partial charge in [-0.05, 0) is 39.0 Å². The van der Waals surface area contributed by atoms with E-state index in [0.717, 1.165) is 5.69 Å². The number of thioether (sulfide) groups is 1. The number of aromatic nitrogens is 3. The van der Waals surface area contributed by atoms with Gasteiger partial charge in [-0.1, -0.05) is 29.4 Å². The van der Waals surface area contributed by atoms with E-state index in [1.165, 1.54) is 18.1 Å². The standard InChI is InChI=1S/C15H18ClN5O2S/c1-15(2,3)19-13(23)18-12(22)8-24-14-20-17-9-21(14)11-6-4-5-10(16)7-11/h4-7,9H,8H2,1-3H3,(H2,18,19,22,23). The van der Waals surface area contributed by atoms with Gasteiger partial charge in [-0.25, -0.2) is 4.79 Å². The molecule has 0 spiro atoms. The van der Waals surface area contributed by atoms with Gasteiger partial charge in [-0.2, -0.15) is 0 Å². The minimum atomic E-state index is -0.524. The highest BCUT2D eigenvalue weighted by atomic mass is 35.5. The van der Waals surface area contributed by atoms with Crippen LogP contribution < -0.4 is 10.6 Å². The molecule has 2 aromatic rings. The average Bonchev–Trinajstić information content (AvgIpc) is 2.91. The maximum atomic E-state index is 11.9. The molecule has 0 saturated carbocycles. The Morgan fingerprint density at radius 3 is 2.75 bits per heavy atom. The van der Waals surface area contributed by atoms with Crippen molar-refractivity contribution >= 4 is 35.3 Å². The summed E-state index contributed by atoms with van der Waals surface area (Å²) in [6.45, 7) is 5.50. The number of nitrogens with zero attached hydrogens (tertiary/aromatic N) is 3. The molecule has 24 heavy (non-hydrogen) atoms. The highest BCUT2D eigenvalue weighted by Crippen LogP contribution is 2.21. The Labute approximate surface area is 149 Å². The highest BCUT2D eigenvalue weighted by molar-refractivity contribution is 7.99. The molecule has 2 N–H and O–H groups in total. The van der Waals surface area contributed by atoms with Gasteiger partial charge >= 0.3 is 6.03 Å². The van der Waals surface area contributed by atoms with Crippen molar-refractivity contribution in [3.63, 3.8) is 0 Å². The zero-order valence-electron chi connectivity index (χ0n) is 13.5. The van der Waals surface area contributed by atoms with Gasteiger partial charge < -0.3 is 5.32 Å². The molecule has 0 radical (unpaired) electrons. The van der Waals surface area contributed by atoms with Gasteiger partial charge in [0, 0.05) is 10.6 Å². The molecule has 1 aromatic heterocycles. The fraction of sp³-hybridized carbons (Fsp3) is 0.333. The molecule has 0 saturated heterocycles. The Morgan fingerprint density at radius 2 is 2.08 bits per heavy atom. The molecular formula is C15H18ClN5O2S. The molecule has 0 fully saturated rings. The summed E-state index contributed by atoms with van der Waals surface area (Å²) in [5.41, 5.74) is 0.380. The SMILES string of the molecule is CC(C)(C)NC(=O)NC(=O)CSc1nncn1-c1cccc(Cl)c1. The summed E-state index contributed by atoms with van der Waals surface area (Å²) in [5, 5.41) is 13.9. The van der Waals surface area contributed by atoms with Crippen molar-refractivity contribution in [1.29, 1.82) is 0 Å². The van der Waals surface area contributed by atoms with Crippen LogP contribution in [0.5, 0.6) is 0 Å². The van der Waals surface area contributed by atoms with E-state index in [-0.39, 0.29) is 5.75 Å². The van der Waals surface area contributed by atoms with Gasteiger partial charge in [-0.15, -0.1) is 10.2 Å². The molecule has 128 valence electrons. The van der Waals surface area contributed by atoms with E-state index in [1.807, 2.05) is 32.9 Å². The van der Waals surface area contributed by atoms with E-state index in [2.05, 4.69) is 20.8 Å². The molecule has 1 aromatic carbocycles. The van der Waals surface area contributed by atoms with Crippen LogP contribution >= 0.6 is 23.4 Å². The maximum Gasteiger partial charge on any atom is 0.321 e. The van der Waals surface area contributed by atoms with Crippen LogP contribution in [0.25, 0.3) is 5.69 Å². The van der Waals surface area contributed by atoms with E-state index >= 15 is 0 Å². The Hall–Kier alpha value is -2.06. The monoisotopic (exact) mass is 367 g/mol. The summed E-state index contributed by atoms with van der Waals surface area (Å²) >= 11 is 7.16. The smallest absolute Gasteiger partial charge is 0.321 e. The van der Waals surface area contributed by atoms with Crippen molar-refractivity contribution < 1.29 is 9.59 Å². The number of urea groups is 1. The van der Waals surface area contributed by atoms with E-state index in [4.69, 9.17) is 11.6 Å². The second kappa shape index (κ2) is 7.67. The number of nitrogens with one attached hydrogen (secondary N) is 2. The van der Waals surface area contributed by atoms with Gasteiger partial charge in [0.05, 0.1) is 11.4 Å². The predicted octanol–water partition coefficient (Wildman–Crippen LogP) is 2.64. The molecule has 1 heterocycles. The Balaban J connectivity index is 1.95. The fourth-order valence-electron chi connectivity index (χ4n) is 1.79. The van der Waals surface area contributed by atoms with E-state index < -0.39 is 17.5 Å². The van der Waals surface area contributed by atoms with Gasteiger partial charge in [0.25, 0.3) is 0 Å². The lowest BCUT2D eigenvalue weighted by atomic mass is 10.1. The van der Waals surface area contributed by atoms with E-state index in [0.29, 0.717) is 10.2 Å². The summed E-state index contributed by atoms with van der Waals surface area (Å²) in [5.74, 6) is -0.376. The molecule has 0 unspecified atom stereocenters. The zero-order chi connectivity index (χ0) is 17.7. The zero-order valence-corrected chi connectivity index (χ0v) is 15.1. The summed E-state index contributed by atoms with van der Waals surface area (Å²) in [7, 11) is 0. The van der Waals surface area contributed by atoms with Gasteiger partial charge in [-0.3, -0.25) is 14.7 Å². The minimum absolute atomic E-state index is 0.0385. The van der Waals surface area contributed by atoms with Crippen LogP contribution in [0.2, 0.25) is 5.02 Å². The Bertz CT molecular complexity index is 741. The van der Waals surface area contributed by atoms with Gasteiger partial charge in [0.15, 0.2) is 5.16 Å². The lowest BCUT2D eigenvalue weighted by Crippen LogP contribution is -2.48. The van der Waals surface area contributed by atoms with Crippen molar-refractivity contribution in [2.24, 2.45) is 0 Å². The lowest BCUT2D eigenvalue weighted by Gasteiger charge is -2.20. The highest BCUT2D eigenvalue weighted by Gasteiger charge is 2.16. The van der Waals surface area contributed by atoms with Crippen LogP contribution in [0.1, 0.15) is 20.8 Å². The second-order valence-corrected chi connectivity index (χ2v) is 7.38. The maximum absolute atomic E-state index is 11.9. The topological polar surface area (TPSA) is 88.9 Å². The summed E-state index contributed by atoms with van der Waals surface area (Å²) in [6, 6.07) is 6.69. The third-order valence-corrected chi connectivity index (χ3v) is 3.85. The molecule has 0 atom stereocenters. The molecule has 0 aliphatic heterocycles. The molecule has 0 aliphatic rings.